The lowest BCUT2D eigenvalue weighted by Gasteiger charge is -2.34. The van der Waals surface area contributed by atoms with Crippen molar-refractivity contribution in [1.29, 1.82) is 0 Å². The van der Waals surface area contributed by atoms with E-state index in [4.69, 9.17) is 4.74 Å². The average molecular weight is 267 g/mol. The van der Waals surface area contributed by atoms with Gasteiger partial charge in [-0.2, -0.15) is 0 Å². The molecule has 0 spiro atoms. The van der Waals surface area contributed by atoms with Gasteiger partial charge in [0.05, 0.1) is 18.1 Å². The Morgan fingerprint density at radius 1 is 1.21 bits per heavy atom. The van der Waals surface area contributed by atoms with Crippen molar-refractivity contribution in [1.82, 2.24) is 5.32 Å². The van der Waals surface area contributed by atoms with Crippen molar-refractivity contribution in [2.24, 2.45) is 5.92 Å². The maximum Gasteiger partial charge on any atom is 0.223 e. The van der Waals surface area contributed by atoms with Crippen LogP contribution in [-0.2, 0) is 9.53 Å². The van der Waals surface area contributed by atoms with E-state index in [1.807, 2.05) is 0 Å². The molecule has 3 aliphatic rings. The molecule has 2 saturated carbocycles. The van der Waals surface area contributed by atoms with Gasteiger partial charge in [-0.05, 0) is 38.5 Å². The molecule has 1 saturated heterocycles. The van der Waals surface area contributed by atoms with Gasteiger partial charge in [0.25, 0.3) is 0 Å². The third kappa shape index (κ3) is 2.95. The van der Waals surface area contributed by atoms with Crippen LogP contribution < -0.4 is 5.32 Å². The molecule has 3 rings (SSSR count). The number of ether oxygens (including phenoxy) is 1. The van der Waals surface area contributed by atoms with Gasteiger partial charge in [-0.1, -0.05) is 12.8 Å². The SMILES string of the molecule is O=C(CC1(O)CCCC1)NC1CCCC2OCCC12. The highest BCUT2D eigenvalue weighted by Crippen LogP contribution is 2.35. The Morgan fingerprint density at radius 3 is 2.79 bits per heavy atom. The van der Waals surface area contributed by atoms with E-state index in [0.717, 1.165) is 58.0 Å². The summed E-state index contributed by atoms with van der Waals surface area (Å²) in [4.78, 5) is 12.1. The number of nitrogens with one attached hydrogen (secondary N) is 1. The predicted molar refractivity (Wildman–Crippen MR) is 71.7 cm³/mol. The highest BCUT2D eigenvalue weighted by molar-refractivity contribution is 5.77. The summed E-state index contributed by atoms with van der Waals surface area (Å²) in [5, 5.41) is 13.5. The van der Waals surface area contributed by atoms with Gasteiger partial charge in [-0.25, -0.2) is 0 Å². The molecular weight excluding hydrogens is 242 g/mol. The van der Waals surface area contributed by atoms with Gasteiger partial charge in [-0.3, -0.25) is 4.79 Å². The monoisotopic (exact) mass is 267 g/mol. The standard InChI is InChI=1S/C15H25NO3/c17-14(10-15(18)7-1-2-8-15)16-12-4-3-5-13-11(12)6-9-19-13/h11-13,18H,1-10H2,(H,16,17). The number of hydrogen-bond donors (Lipinski definition) is 2. The van der Waals surface area contributed by atoms with Crippen LogP contribution in [0.4, 0.5) is 0 Å². The predicted octanol–water partition coefficient (Wildman–Crippen LogP) is 1.76. The second-order valence-electron chi connectivity index (χ2n) is 6.57. The van der Waals surface area contributed by atoms with E-state index in [1.165, 1.54) is 0 Å². The summed E-state index contributed by atoms with van der Waals surface area (Å²) >= 11 is 0. The number of rotatable bonds is 3. The van der Waals surface area contributed by atoms with Gasteiger partial charge < -0.3 is 15.2 Å². The molecule has 3 fully saturated rings. The highest BCUT2D eigenvalue weighted by Gasteiger charge is 2.39. The summed E-state index contributed by atoms with van der Waals surface area (Å²) in [6.07, 6.45) is 8.69. The van der Waals surface area contributed by atoms with E-state index in [0.29, 0.717) is 12.0 Å². The summed E-state index contributed by atoms with van der Waals surface area (Å²) in [7, 11) is 0. The first-order valence-corrected chi connectivity index (χ1v) is 7.80. The Labute approximate surface area is 114 Å². The van der Waals surface area contributed by atoms with Crippen LogP contribution in [0.2, 0.25) is 0 Å². The van der Waals surface area contributed by atoms with Crippen molar-refractivity contribution in [3.63, 3.8) is 0 Å². The van der Waals surface area contributed by atoms with Crippen molar-refractivity contribution in [2.75, 3.05) is 6.61 Å². The van der Waals surface area contributed by atoms with Crippen molar-refractivity contribution < 1.29 is 14.6 Å². The molecule has 108 valence electrons. The van der Waals surface area contributed by atoms with Gasteiger partial charge in [-0.15, -0.1) is 0 Å². The summed E-state index contributed by atoms with van der Waals surface area (Å²) < 4.78 is 5.72. The van der Waals surface area contributed by atoms with Gasteiger partial charge >= 0.3 is 0 Å². The Bertz CT molecular complexity index is 338. The molecule has 3 unspecified atom stereocenters. The summed E-state index contributed by atoms with van der Waals surface area (Å²) in [5.41, 5.74) is -0.732. The minimum atomic E-state index is -0.732. The molecule has 1 heterocycles. The van der Waals surface area contributed by atoms with Crippen molar-refractivity contribution in [3.05, 3.63) is 0 Å². The lowest BCUT2D eigenvalue weighted by atomic mass is 9.81. The fraction of sp³-hybridized carbons (Fsp3) is 0.933. The number of amides is 1. The molecule has 0 aromatic carbocycles. The van der Waals surface area contributed by atoms with E-state index < -0.39 is 5.60 Å². The third-order valence-electron chi connectivity index (χ3n) is 5.15. The average Bonchev–Trinajstić information content (AvgIpc) is 2.98. The van der Waals surface area contributed by atoms with E-state index in [2.05, 4.69) is 5.32 Å². The molecule has 3 atom stereocenters. The molecule has 2 N–H and O–H groups in total. The molecule has 1 amide bonds. The largest absolute Gasteiger partial charge is 0.389 e. The Kier molecular flexibility index (Phi) is 3.81. The highest BCUT2D eigenvalue weighted by atomic mass is 16.5. The molecule has 2 aliphatic carbocycles. The fourth-order valence-electron chi connectivity index (χ4n) is 4.12. The third-order valence-corrected chi connectivity index (χ3v) is 5.15. The number of carbonyl (C=O) groups is 1. The van der Waals surface area contributed by atoms with Crippen LogP contribution in [0, 0.1) is 5.92 Å². The first kappa shape index (κ1) is 13.4. The van der Waals surface area contributed by atoms with Crippen LogP contribution in [0.25, 0.3) is 0 Å². The molecule has 0 radical (unpaired) electrons. The molecule has 1 aliphatic heterocycles. The van der Waals surface area contributed by atoms with Crippen molar-refractivity contribution in [2.45, 2.75) is 75.5 Å². The van der Waals surface area contributed by atoms with Gasteiger partial charge in [0.15, 0.2) is 0 Å². The molecular formula is C15H25NO3. The summed E-state index contributed by atoms with van der Waals surface area (Å²) in [6, 6.07) is 0.263. The quantitative estimate of drug-likeness (QED) is 0.819. The second kappa shape index (κ2) is 5.41. The minimum Gasteiger partial charge on any atom is -0.389 e. The van der Waals surface area contributed by atoms with Crippen LogP contribution >= 0.6 is 0 Å². The van der Waals surface area contributed by atoms with Gasteiger partial charge in [0.2, 0.25) is 5.91 Å². The van der Waals surface area contributed by atoms with Gasteiger partial charge in [0, 0.05) is 18.6 Å². The Morgan fingerprint density at radius 2 is 2.00 bits per heavy atom. The molecule has 0 aromatic heterocycles. The lowest BCUT2D eigenvalue weighted by molar-refractivity contribution is -0.127. The Hall–Kier alpha value is -0.610. The van der Waals surface area contributed by atoms with Crippen LogP contribution in [0.1, 0.15) is 57.8 Å². The second-order valence-corrected chi connectivity index (χ2v) is 6.57. The normalized spacial score (nSPS) is 37.0. The maximum absolute atomic E-state index is 12.1. The Balaban J connectivity index is 1.54. The van der Waals surface area contributed by atoms with Crippen LogP contribution in [0.15, 0.2) is 0 Å². The number of hydrogen-bond acceptors (Lipinski definition) is 3. The van der Waals surface area contributed by atoms with Crippen molar-refractivity contribution in [3.8, 4) is 0 Å². The number of fused-ring (bicyclic) bond motifs is 1. The van der Waals surface area contributed by atoms with Crippen molar-refractivity contribution >= 4 is 5.91 Å². The zero-order valence-corrected chi connectivity index (χ0v) is 11.6. The van der Waals surface area contributed by atoms with Crippen LogP contribution in [-0.4, -0.2) is 35.4 Å². The smallest absolute Gasteiger partial charge is 0.223 e. The molecule has 4 nitrogen and oxygen atoms in total. The van der Waals surface area contributed by atoms with Crippen LogP contribution in [0.3, 0.4) is 0 Å². The molecule has 0 bridgehead atoms. The van der Waals surface area contributed by atoms with E-state index in [1.54, 1.807) is 0 Å². The maximum atomic E-state index is 12.1. The first-order valence-electron chi connectivity index (χ1n) is 7.80. The first-order chi connectivity index (χ1) is 9.16. The van der Waals surface area contributed by atoms with Gasteiger partial charge in [0.1, 0.15) is 0 Å². The minimum absolute atomic E-state index is 0.0296. The number of carbonyl (C=O) groups excluding carboxylic acids is 1. The fourth-order valence-corrected chi connectivity index (χ4v) is 4.12. The number of aliphatic hydroxyl groups is 1. The molecule has 19 heavy (non-hydrogen) atoms. The lowest BCUT2D eigenvalue weighted by Crippen LogP contribution is -2.47. The zero-order valence-electron chi connectivity index (χ0n) is 11.6. The van der Waals surface area contributed by atoms with E-state index in [-0.39, 0.29) is 18.4 Å². The zero-order chi connectivity index (χ0) is 13.3. The topological polar surface area (TPSA) is 58.6 Å². The molecule has 0 aromatic rings. The van der Waals surface area contributed by atoms with E-state index >= 15 is 0 Å². The summed E-state index contributed by atoms with van der Waals surface area (Å²) in [6.45, 7) is 0.839. The molecule has 4 heteroatoms. The van der Waals surface area contributed by atoms with Crippen LogP contribution in [0.5, 0.6) is 0 Å². The summed E-state index contributed by atoms with van der Waals surface area (Å²) in [5.74, 6) is 0.526. The van der Waals surface area contributed by atoms with E-state index in [9.17, 15) is 9.90 Å².